The van der Waals surface area contributed by atoms with Crippen molar-refractivity contribution in [3.8, 4) is 0 Å². The molecule has 0 spiro atoms. The van der Waals surface area contributed by atoms with Crippen molar-refractivity contribution in [2.45, 2.75) is 278 Å². The molecule has 0 aromatic heterocycles. The molecule has 0 aliphatic rings. The molecule has 6 heteroatoms. The van der Waals surface area contributed by atoms with Gasteiger partial charge in [-0.25, -0.2) is 0 Å². The van der Waals surface area contributed by atoms with E-state index < -0.39 is 6.10 Å². The van der Waals surface area contributed by atoms with Gasteiger partial charge in [-0.2, -0.15) is 0 Å². The smallest absolute Gasteiger partial charge is 0.306 e. The van der Waals surface area contributed by atoms with Crippen molar-refractivity contribution in [1.29, 1.82) is 0 Å². The van der Waals surface area contributed by atoms with Gasteiger partial charge in [0, 0.05) is 19.3 Å². The molecule has 0 N–H and O–H groups in total. The van der Waals surface area contributed by atoms with E-state index in [-0.39, 0.29) is 31.1 Å². The van der Waals surface area contributed by atoms with Crippen LogP contribution in [0.3, 0.4) is 0 Å². The highest BCUT2D eigenvalue weighted by Gasteiger charge is 2.19. The molecule has 0 aromatic rings. The second-order valence-corrected chi connectivity index (χ2v) is 17.6. The normalized spacial score (nSPS) is 13.0. The van der Waals surface area contributed by atoms with Gasteiger partial charge in [-0.3, -0.25) is 14.4 Å². The molecule has 0 rings (SSSR count). The monoisotopic (exact) mass is 793 g/mol. The number of ether oxygens (including phenoxy) is 3. The maximum absolute atomic E-state index is 12.8. The minimum atomic E-state index is -0.761. The van der Waals surface area contributed by atoms with E-state index in [4.69, 9.17) is 14.2 Å². The van der Waals surface area contributed by atoms with Gasteiger partial charge in [0.05, 0.1) is 0 Å². The highest BCUT2D eigenvalue weighted by Crippen LogP contribution is 2.18. The van der Waals surface area contributed by atoms with Gasteiger partial charge in [-0.15, -0.1) is 0 Å². The van der Waals surface area contributed by atoms with E-state index in [9.17, 15) is 14.4 Å². The summed E-state index contributed by atoms with van der Waals surface area (Å²) in [5.74, 6) is 0.862. The van der Waals surface area contributed by atoms with Crippen LogP contribution in [-0.2, 0) is 28.6 Å². The van der Waals surface area contributed by atoms with Crippen molar-refractivity contribution in [3.63, 3.8) is 0 Å². The standard InChI is InChI=1S/C50H96O6/c1-6-9-10-11-12-13-14-15-19-25-30-35-40-48(51)54-43-47(44-55-49(52)41-36-31-26-22-21-24-29-34-39-46(5)8-3)56-50(53)42-37-32-27-20-17-16-18-23-28-33-38-45(4)7-2/h45-47H,6-44H2,1-5H3/t45?,46?,47-/m0/s1. The molecule has 0 heterocycles. The lowest BCUT2D eigenvalue weighted by Gasteiger charge is -2.18. The summed E-state index contributed by atoms with van der Waals surface area (Å²) >= 11 is 0. The van der Waals surface area contributed by atoms with E-state index in [1.807, 2.05) is 0 Å². The van der Waals surface area contributed by atoms with Crippen LogP contribution < -0.4 is 0 Å². The summed E-state index contributed by atoms with van der Waals surface area (Å²) in [5, 5.41) is 0. The zero-order chi connectivity index (χ0) is 41.2. The molecule has 332 valence electrons. The van der Waals surface area contributed by atoms with Crippen molar-refractivity contribution in [3.05, 3.63) is 0 Å². The molecule has 56 heavy (non-hydrogen) atoms. The van der Waals surface area contributed by atoms with Crippen LogP contribution in [0.2, 0.25) is 0 Å². The average Bonchev–Trinajstić information content (AvgIpc) is 3.19. The fourth-order valence-corrected chi connectivity index (χ4v) is 7.39. The maximum Gasteiger partial charge on any atom is 0.306 e. The topological polar surface area (TPSA) is 78.9 Å². The third kappa shape index (κ3) is 40.6. The Bertz CT molecular complexity index is 858. The first-order chi connectivity index (χ1) is 27.3. The first-order valence-electron chi connectivity index (χ1n) is 24.8. The molecule has 2 unspecified atom stereocenters. The zero-order valence-electron chi connectivity index (χ0n) is 38.3. The second-order valence-electron chi connectivity index (χ2n) is 17.6. The van der Waals surface area contributed by atoms with E-state index >= 15 is 0 Å². The minimum Gasteiger partial charge on any atom is -0.462 e. The van der Waals surface area contributed by atoms with Crippen LogP contribution in [0.25, 0.3) is 0 Å². The van der Waals surface area contributed by atoms with Crippen molar-refractivity contribution in [2.75, 3.05) is 13.2 Å². The van der Waals surface area contributed by atoms with Crippen LogP contribution in [0.4, 0.5) is 0 Å². The fraction of sp³-hybridized carbons (Fsp3) is 0.940. The van der Waals surface area contributed by atoms with Crippen LogP contribution in [0.5, 0.6) is 0 Å². The zero-order valence-corrected chi connectivity index (χ0v) is 38.3. The molecule has 0 aromatic carbocycles. The van der Waals surface area contributed by atoms with Gasteiger partial charge < -0.3 is 14.2 Å². The predicted octanol–water partition coefficient (Wildman–Crippen LogP) is 15.8. The van der Waals surface area contributed by atoms with Crippen molar-refractivity contribution < 1.29 is 28.6 Å². The van der Waals surface area contributed by atoms with E-state index in [1.54, 1.807) is 0 Å². The van der Waals surface area contributed by atoms with Crippen LogP contribution in [-0.4, -0.2) is 37.2 Å². The third-order valence-corrected chi connectivity index (χ3v) is 11.9. The highest BCUT2D eigenvalue weighted by atomic mass is 16.6. The Labute approximate surface area is 348 Å². The number of rotatable bonds is 44. The predicted molar refractivity (Wildman–Crippen MR) is 238 cm³/mol. The largest absolute Gasteiger partial charge is 0.462 e. The quantitative estimate of drug-likeness (QED) is 0.0347. The fourth-order valence-electron chi connectivity index (χ4n) is 7.39. The molecular weight excluding hydrogens is 697 g/mol. The van der Waals surface area contributed by atoms with Gasteiger partial charge in [-0.05, 0) is 31.1 Å². The Morgan fingerprint density at radius 3 is 0.929 bits per heavy atom. The lowest BCUT2D eigenvalue weighted by atomic mass is 9.99. The molecule has 0 aliphatic heterocycles. The molecule has 0 aliphatic carbocycles. The van der Waals surface area contributed by atoms with Gasteiger partial charge in [0.2, 0.25) is 0 Å². The first kappa shape index (κ1) is 54.4. The van der Waals surface area contributed by atoms with Gasteiger partial charge in [0.1, 0.15) is 13.2 Å². The summed E-state index contributed by atoms with van der Waals surface area (Å²) in [6, 6.07) is 0. The van der Waals surface area contributed by atoms with E-state index in [2.05, 4.69) is 34.6 Å². The highest BCUT2D eigenvalue weighted by molar-refractivity contribution is 5.71. The van der Waals surface area contributed by atoms with Crippen molar-refractivity contribution >= 4 is 17.9 Å². The van der Waals surface area contributed by atoms with E-state index in [0.717, 1.165) is 69.6 Å². The second kappa shape index (κ2) is 43.0. The number of unbranched alkanes of at least 4 members (excludes halogenated alkanes) is 27. The van der Waals surface area contributed by atoms with Gasteiger partial charge in [-0.1, -0.05) is 234 Å². The Balaban J connectivity index is 4.35. The van der Waals surface area contributed by atoms with Crippen LogP contribution in [0, 0.1) is 11.8 Å². The summed E-state index contributed by atoms with van der Waals surface area (Å²) < 4.78 is 16.8. The molecule has 0 amide bonds. The molecule has 0 radical (unpaired) electrons. The van der Waals surface area contributed by atoms with Gasteiger partial charge >= 0.3 is 17.9 Å². The first-order valence-corrected chi connectivity index (χ1v) is 24.8. The summed E-state index contributed by atoms with van der Waals surface area (Å²) in [7, 11) is 0. The van der Waals surface area contributed by atoms with Crippen molar-refractivity contribution in [2.24, 2.45) is 11.8 Å². The molecule has 0 saturated carbocycles. The number of carbonyl (C=O) groups is 3. The lowest BCUT2D eigenvalue weighted by Crippen LogP contribution is -2.30. The molecule has 3 atom stereocenters. The Morgan fingerprint density at radius 2 is 0.625 bits per heavy atom. The number of hydrogen-bond acceptors (Lipinski definition) is 6. The Hall–Kier alpha value is -1.59. The molecule has 0 fully saturated rings. The third-order valence-electron chi connectivity index (χ3n) is 11.9. The van der Waals surface area contributed by atoms with E-state index in [0.29, 0.717) is 19.3 Å². The van der Waals surface area contributed by atoms with Crippen LogP contribution >= 0.6 is 0 Å². The van der Waals surface area contributed by atoms with Crippen molar-refractivity contribution in [1.82, 2.24) is 0 Å². The SMILES string of the molecule is CCCCCCCCCCCCCCC(=O)OC[C@@H](COC(=O)CCCCCCCCCCC(C)CC)OC(=O)CCCCCCCCCCCCC(C)CC. The lowest BCUT2D eigenvalue weighted by molar-refractivity contribution is -0.167. The van der Waals surface area contributed by atoms with Crippen LogP contribution in [0.15, 0.2) is 0 Å². The Morgan fingerprint density at radius 1 is 0.357 bits per heavy atom. The van der Waals surface area contributed by atoms with Crippen LogP contribution in [0.1, 0.15) is 272 Å². The number of esters is 3. The van der Waals surface area contributed by atoms with E-state index in [1.165, 1.54) is 161 Å². The Kier molecular flexibility index (Phi) is 41.8. The average molecular weight is 793 g/mol. The summed E-state index contributed by atoms with van der Waals surface area (Å²) in [4.78, 5) is 37.8. The molecule has 0 saturated heterocycles. The number of carbonyl (C=O) groups excluding carboxylic acids is 3. The number of hydrogen-bond donors (Lipinski definition) is 0. The van der Waals surface area contributed by atoms with Gasteiger partial charge in [0.25, 0.3) is 0 Å². The minimum absolute atomic E-state index is 0.0644. The molecular formula is C50H96O6. The summed E-state index contributed by atoms with van der Waals surface area (Å²) in [5.41, 5.74) is 0. The summed E-state index contributed by atoms with van der Waals surface area (Å²) in [6.45, 7) is 11.4. The molecule has 0 bridgehead atoms. The molecule has 6 nitrogen and oxygen atoms in total. The van der Waals surface area contributed by atoms with Gasteiger partial charge in [0.15, 0.2) is 6.10 Å². The maximum atomic E-state index is 12.8. The summed E-state index contributed by atoms with van der Waals surface area (Å²) in [6.07, 6.45) is 42.1.